The van der Waals surface area contributed by atoms with Gasteiger partial charge in [0.15, 0.2) is 0 Å². The van der Waals surface area contributed by atoms with Crippen molar-refractivity contribution in [2.24, 2.45) is 0 Å². The zero-order chi connectivity index (χ0) is 15.4. The zero-order valence-electron chi connectivity index (χ0n) is 11.8. The molecular formula is C14H18FN3O3. The first-order chi connectivity index (χ1) is 10.0. The summed E-state index contributed by atoms with van der Waals surface area (Å²) >= 11 is 0. The van der Waals surface area contributed by atoms with Crippen molar-refractivity contribution in [1.29, 1.82) is 0 Å². The maximum Gasteiger partial charge on any atom is 0.414 e. The second kappa shape index (κ2) is 6.43. The van der Waals surface area contributed by atoms with Crippen LogP contribution in [0, 0.1) is 5.82 Å². The van der Waals surface area contributed by atoms with Crippen LogP contribution in [-0.4, -0.2) is 31.2 Å². The van der Waals surface area contributed by atoms with Crippen LogP contribution >= 0.6 is 0 Å². The Morgan fingerprint density at radius 1 is 1.57 bits per heavy atom. The lowest BCUT2D eigenvalue weighted by molar-refractivity contribution is -0.121. The number of halogens is 1. The number of nitrogens with two attached hydrogens (primary N) is 1. The molecule has 21 heavy (non-hydrogen) atoms. The van der Waals surface area contributed by atoms with E-state index in [1.54, 1.807) is 6.07 Å². The van der Waals surface area contributed by atoms with Gasteiger partial charge in [0.05, 0.1) is 24.5 Å². The summed E-state index contributed by atoms with van der Waals surface area (Å²) in [6, 6.07) is 4.14. The van der Waals surface area contributed by atoms with Crippen molar-refractivity contribution in [3.05, 3.63) is 24.0 Å². The predicted molar refractivity (Wildman–Crippen MR) is 76.3 cm³/mol. The van der Waals surface area contributed by atoms with Gasteiger partial charge in [-0.1, -0.05) is 6.92 Å². The van der Waals surface area contributed by atoms with Crippen molar-refractivity contribution < 1.29 is 18.7 Å². The molecule has 2 rings (SSSR count). The Morgan fingerprint density at radius 2 is 2.33 bits per heavy atom. The number of hydrogen-bond donors (Lipinski definition) is 2. The van der Waals surface area contributed by atoms with E-state index in [0.717, 1.165) is 6.42 Å². The van der Waals surface area contributed by atoms with Gasteiger partial charge < -0.3 is 15.8 Å². The van der Waals surface area contributed by atoms with Crippen molar-refractivity contribution in [2.75, 3.05) is 23.7 Å². The maximum absolute atomic E-state index is 13.4. The molecule has 0 spiro atoms. The number of carbonyl (C=O) groups is 2. The van der Waals surface area contributed by atoms with Crippen LogP contribution in [0.1, 0.15) is 19.8 Å². The van der Waals surface area contributed by atoms with Gasteiger partial charge in [0, 0.05) is 6.42 Å². The highest BCUT2D eigenvalue weighted by Crippen LogP contribution is 2.24. The van der Waals surface area contributed by atoms with Crippen LogP contribution in [0.2, 0.25) is 0 Å². The normalized spacial score (nSPS) is 17.7. The number of nitrogens with one attached hydrogen (secondary N) is 1. The molecule has 1 fully saturated rings. The van der Waals surface area contributed by atoms with Gasteiger partial charge in [-0.05, 0) is 24.6 Å². The minimum Gasteiger partial charge on any atom is -0.442 e. The SMILES string of the molecule is CCCC(=O)NC[C@H]1CN(c2ccc(N)c(F)c2)C(=O)O1. The van der Waals surface area contributed by atoms with Crippen LogP contribution in [0.3, 0.4) is 0 Å². The van der Waals surface area contributed by atoms with Crippen LogP contribution in [0.5, 0.6) is 0 Å². The van der Waals surface area contributed by atoms with Crippen molar-refractivity contribution >= 4 is 23.4 Å². The third-order valence-electron chi connectivity index (χ3n) is 3.17. The molecule has 0 radical (unpaired) electrons. The summed E-state index contributed by atoms with van der Waals surface area (Å²) in [5.41, 5.74) is 5.81. The van der Waals surface area contributed by atoms with Crippen molar-refractivity contribution in [2.45, 2.75) is 25.9 Å². The molecule has 3 N–H and O–H groups in total. The fourth-order valence-electron chi connectivity index (χ4n) is 2.07. The predicted octanol–water partition coefficient (Wildman–Crippen LogP) is 1.65. The second-order valence-electron chi connectivity index (χ2n) is 4.88. The fourth-order valence-corrected chi connectivity index (χ4v) is 2.07. The molecule has 114 valence electrons. The number of hydrogen-bond acceptors (Lipinski definition) is 4. The van der Waals surface area contributed by atoms with Gasteiger partial charge >= 0.3 is 6.09 Å². The molecule has 1 aliphatic rings. The average molecular weight is 295 g/mol. The number of rotatable bonds is 5. The van der Waals surface area contributed by atoms with Crippen molar-refractivity contribution in [1.82, 2.24) is 5.32 Å². The van der Waals surface area contributed by atoms with E-state index >= 15 is 0 Å². The van der Waals surface area contributed by atoms with E-state index in [2.05, 4.69) is 5.32 Å². The number of ether oxygens (including phenoxy) is 1. The van der Waals surface area contributed by atoms with E-state index in [0.29, 0.717) is 12.1 Å². The minimum atomic E-state index is -0.583. The molecule has 1 aliphatic heterocycles. The Kier molecular flexibility index (Phi) is 4.62. The second-order valence-corrected chi connectivity index (χ2v) is 4.88. The Bertz CT molecular complexity index is 550. The highest BCUT2D eigenvalue weighted by Gasteiger charge is 2.32. The highest BCUT2D eigenvalue weighted by molar-refractivity contribution is 5.90. The van der Waals surface area contributed by atoms with E-state index < -0.39 is 18.0 Å². The average Bonchev–Trinajstić information content (AvgIpc) is 2.81. The first kappa shape index (κ1) is 15.1. The molecule has 0 saturated carbocycles. The summed E-state index contributed by atoms with van der Waals surface area (Å²) in [5.74, 6) is -0.662. The molecule has 2 amide bonds. The molecule has 7 heteroatoms. The summed E-state index contributed by atoms with van der Waals surface area (Å²) in [4.78, 5) is 24.5. The van der Waals surface area contributed by atoms with E-state index in [9.17, 15) is 14.0 Å². The molecule has 1 saturated heterocycles. The van der Waals surface area contributed by atoms with Gasteiger partial charge in [-0.25, -0.2) is 9.18 Å². The Hall–Kier alpha value is -2.31. The Labute approximate surface area is 122 Å². The minimum absolute atomic E-state index is 0.0229. The molecule has 6 nitrogen and oxygen atoms in total. The molecule has 1 aromatic rings. The van der Waals surface area contributed by atoms with Crippen molar-refractivity contribution in [3.63, 3.8) is 0 Å². The van der Waals surface area contributed by atoms with Gasteiger partial charge in [0.25, 0.3) is 0 Å². The maximum atomic E-state index is 13.4. The molecule has 0 aliphatic carbocycles. The Balaban J connectivity index is 1.96. The molecule has 1 aromatic carbocycles. The highest BCUT2D eigenvalue weighted by atomic mass is 19.1. The summed E-state index contributed by atoms with van der Waals surface area (Å²) < 4.78 is 18.6. The third-order valence-corrected chi connectivity index (χ3v) is 3.17. The fraction of sp³-hybridized carbons (Fsp3) is 0.429. The lowest BCUT2D eigenvalue weighted by atomic mass is 10.2. The monoisotopic (exact) mass is 295 g/mol. The number of benzene rings is 1. The van der Waals surface area contributed by atoms with Crippen LogP contribution in [0.15, 0.2) is 18.2 Å². The van der Waals surface area contributed by atoms with Crippen LogP contribution < -0.4 is 16.0 Å². The first-order valence-corrected chi connectivity index (χ1v) is 6.81. The number of cyclic esters (lactones) is 1. The third kappa shape index (κ3) is 3.62. The number of anilines is 2. The van der Waals surface area contributed by atoms with Gasteiger partial charge in [0.2, 0.25) is 5.91 Å². The summed E-state index contributed by atoms with van der Waals surface area (Å²) in [7, 11) is 0. The summed E-state index contributed by atoms with van der Waals surface area (Å²) in [5, 5.41) is 2.70. The summed E-state index contributed by atoms with van der Waals surface area (Å²) in [6.45, 7) is 2.42. The number of nitrogens with zero attached hydrogens (tertiary/aromatic N) is 1. The Morgan fingerprint density at radius 3 is 3.00 bits per heavy atom. The van der Waals surface area contributed by atoms with Crippen molar-refractivity contribution in [3.8, 4) is 0 Å². The molecule has 1 atom stereocenters. The summed E-state index contributed by atoms with van der Waals surface area (Å²) in [6.07, 6.45) is 0.188. The van der Waals surface area contributed by atoms with Gasteiger partial charge in [-0.3, -0.25) is 9.69 Å². The lowest BCUT2D eigenvalue weighted by Gasteiger charge is -2.13. The molecule has 0 unspecified atom stereocenters. The molecule has 0 bridgehead atoms. The van der Waals surface area contributed by atoms with Crippen LogP contribution in [0.4, 0.5) is 20.6 Å². The van der Waals surface area contributed by atoms with Gasteiger partial charge in [-0.2, -0.15) is 0 Å². The molecule has 0 aromatic heterocycles. The number of amides is 2. The van der Waals surface area contributed by atoms with Crippen LogP contribution in [-0.2, 0) is 9.53 Å². The smallest absolute Gasteiger partial charge is 0.414 e. The molecular weight excluding hydrogens is 277 g/mol. The largest absolute Gasteiger partial charge is 0.442 e. The zero-order valence-corrected chi connectivity index (χ0v) is 11.8. The van der Waals surface area contributed by atoms with E-state index in [-0.39, 0.29) is 24.7 Å². The lowest BCUT2D eigenvalue weighted by Crippen LogP contribution is -2.34. The van der Waals surface area contributed by atoms with E-state index in [1.165, 1.54) is 17.0 Å². The van der Waals surface area contributed by atoms with Crippen LogP contribution in [0.25, 0.3) is 0 Å². The number of nitrogen functional groups attached to an aromatic ring is 1. The topological polar surface area (TPSA) is 84.7 Å². The first-order valence-electron chi connectivity index (χ1n) is 6.81. The number of carbonyl (C=O) groups excluding carboxylic acids is 2. The van der Waals surface area contributed by atoms with Gasteiger partial charge in [0.1, 0.15) is 11.9 Å². The van der Waals surface area contributed by atoms with E-state index in [1.807, 2.05) is 6.92 Å². The quantitative estimate of drug-likeness (QED) is 0.809. The van der Waals surface area contributed by atoms with Gasteiger partial charge in [-0.15, -0.1) is 0 Å². The van der Waals surface area contributed by atoms with E-state index in [4.69, 9.17) is 10.5 Å². The standard InChI is InChI=1S/C14H18FN3O3/c1-2-3-13(19)17-7-10-8-18(14(20)21-10)9-4-5-12(16)11(15)6-9/h4-6,10H,2-3,7-8,16H2,1H3,(H,17,19)/t10-/m0/s1. The molecule has 1 heterocycles.